The molecule has 0 N–H and O–H groups in total. The Balaban J connectivity index is 0.948. The minimum absolute atomic E-state index is 0.598. The molecule has 0 radical (unpaired) electrons. The van der Waals surface area contributed by atoms with Gasteiger partial charge >= 0.3 is 0 Å². The van der Waals surface area contributed by atoms with Gasteiger partial charge in [-0.05, 0) is 76.9 Å². The maximum Gasteiger partial charge on any atom is 0.164 e. The third-order valence-electron chi connectivity index (χ3n) is 10.7. The molecule has 0 saturated heterocycles. The van der Waals surface area contributed by atoms with Crippen LogP contribution in [0.25, 0.3) is 106 Å². The summed E-state index contributed by atoms with van der Waals surface area (Å²) in [7, 11) is 0. The van der Waals surface area contributed by atoms with Crippen molar-refractivity contribution in [3.63, 3.8) is 0 Å². The minimum Gasteiger partial charge on any atom is -0.456 e. The van der Waals surface area contributed by atoms with Gasteiger partial charge in [0.1, 0.15) is 11.2 Å². The lowest BCUT2D eigenvalue weighted by molar-refractivity contribution is 0.669. The first kappa shape index (κ1) is 31.9. The van der Waals surface area contributed by atoms with E-state index < -0.39 is 0 Å². The summed E-state index contributed by atoms with van der Waals surface area (Å²) < 4.78 is 8.91. The van der Waals surface area contributed by atoms with Crippen molar-refractivity contribution in [2.45, 2.75) is 0 Å². The average molecular weight is 717 g/mol. The van der Waals surface area contributed by atoms with E-state index in [0.29, 0.717) is 17.5 Å². The molecular formula is C51H32N4O. The van der Waals surface area contributed by atoms with E-state index in [2.05, 4.69) is 132 Å². The molecule has 0 fully saturated rings. The fourth-order valence-corrected chi connectivity index (χ4v) is 7.90. The van der Waals surface area contributed by atoms with E-state index in [1.807, 2.05) is 66.7 Å². The van der Waals surface area contributed by atoms with Gasteiger partial charge in [-0.15, -0.1) is 0 Å². The number of rotatable bonds is 6. The van der Waals surface area contributed by atoms with E-state index in [0.717, 1.165) is 55.4 Å². The van der Waals surface area contributed by atoms with E-state index in [9.17, 15) is 0 Å². The average Bonchev–Trinajstić information content (AvgIpc) is 3.81. The SMILES string of the molecule is c1ccc(-c2ccc3c(c2)c2ccccc2n3-c2ccc(-c3ccc4c(c3)oc3cc(-c5nc(-c6ccccc6)nc(-c6ccccc6)n5)ccc34)cc2)cc1. The molecule has 5 heteroatoms. The normalized spacial score (nSPS) is 11.6. The standard InChI is InChI=1S/C51H32N4O/c1-4-12-33(13-5-1)37-24-29-46-44(30-37)41-18-10-11-19-45(41)55(46)40-25-20-34(21-26-40)38-22-27-42-43-28-23-39(32-48(43)56-47(42)31-38)51-53-49(35-14-6-2-7-15-35)52-50(54-51)36-16-8-3-9-17-36/h1-32H. The van der Waals surface area contributed by atoms with Crippen molar-refractivity contribution in [3.8, 4) is 62.1 Å². The Labute approximate surface area is 322 Å². The zero-order chi connectivity index (χ0) is 37.0. The molecule has 11 aromatic rings. The molecule has 0 unspecified atom stereocenters. The molecule has 0 amide bonds. The van der Waals surface area contributed by atoms with Crippen molar-refractivity contribution in [1.82, 2.24) is 19.5 Å². The monoisotopic (exact) mass is 716 g/mol. The van der Waals surface area contributed by atoms with Crippen LogP contribution in [0.3, 0.4) is 0 Å². The van der Waals surface area contributed by atoms with Gasteiger partial charge in [-0.3, -0.25) is 0 Å². The van der Waals surface area contributed by atoms with E-state index in [4.69, 9.17) is 19.4 Å². The van der Waals surface area contributed by atoms with Gasteiger partial charge in [-0.25, -0.2) is 15.0 Å². The van der Waals surface area contributed by atoms with E-state index in [-0.39, 0.29) is 0 Å². The zero-order valence-corrected chi connectivity index (χ0v) is 30.2. The van der Waals surface area contributed by atoms with E-state index in [1.54, 1.807) is 0 Å². The lowest BCUT2D eigenvalue weighted by atomic mass is 10.0. The lowest BCUT2D eigenvalue weighted by Crippen LogP contribution is -2.00. The van der Waals surface area contributed by atoms with Crippen LogP contribution in [0.2, 0.25) is 0 Å². The fraction of sp³-hybridized carbons (Fsp3) is 0. The number of hydrogen-bond donors (Lipinski definition) is 0. The van der Waals surface area contributed by atoms with Crippen LogP contribution in [0.4, 0.5) is 0 Å². The minimum atomic E-state index is 0.598. The van der Waals surface area contributed by atoms with Gasteiger partial charge in [0.15, 0.2) is 17.5 Å². The predicted octanol–water partition coefficient (Wildman–Crippen LogP) is 13.2. The highest BCUT2D eigenvalue weighted by atomic mass is 16.3. The number of aromatic nitrogens is 4. The van der Waals surface area contributed by atoms with Gasteiger partial charge < -0.3 is 8.98 Å². The molecule has 0 aliphatic rings. The van der Waals surface area contributed by atoms with Gasteiger partial charge in [0.05, 0.1) is 11.0 Å². The summed E-state index contributed by atoms with van der Waals surface area (Å²) in [5.41, 5.74) is 12.5. The second-order valence-electron chi connectivity index (χ2n) is 14.1. The van der Waals surface area contributed by atoms with Crippen LogP contribution in [0, 0.1) is 0 Å². The first-order chi connectivity index (χ1) is 27.7. The molecule has 5 nitrogen and oxygen atoms in total. The zero-order valence-electron chi connectivity index (χ0n) is 30.2. The van der Waals surface area contributed by atoms with Gasteiger partial charge in [0, 0.05) is 43.9 Å². The fourth-order valence-electron chi connectivity index (χ4n) is 7.90. The van der Waals surface area contributed by atoms with Crippen LogP contribution < -0.4 is 0 Å². The smallest absolute Gasteiger partial charge is 0.164 e. The van der Waals surface area contributed by atoms with Crippen LogP contribution in [0.15, 0.2) is 199 Å². The molecule has 3 heterocycles. The van der Waals surface area contributed by atoms with Crippen LogP contribution in [0.5, 0.6) is 0 Å². The van der Waals surface area contributed by atoms with Crippen LogP contribution >= 0.6 is 0 Å². The Morgan fingerprint density at radius 2 is 0.750 bits per heavy atom. The summed E-state index contributed by atoms with van der Waals surface area (Å²) in [4.78, 5) is 14.7. The summed E-state index contributed by atoms with van der Waals surface area (Å²) in [5.74, 6) is 1.86. The van der Waals surface area contributed by atoms with Gasteiger partial charge in [0.25, 0.3) is 0 Å². The molecule has 8 aromatic carbocycles. The first-order valence-corrected chi connectivity index (χ1v) is 18.8. The Morgan fingerprint density at radius 1 is 0.304 bits per heavy atom. The lowest BCUT2D eigenvalue weighted by Gasteiger charge is -2.10. The number of benzene rings is 8. The van der Waals surface area contributed by atoms with Gasteiger partial charge in [-0.1, -0.05) is 140 Å². The summed E-state index contributed by atoms with van der Waals surface area (Å²) in [6, 6.07) is 67.6. The largest absolute Gasteiger partial charge is 0.456 e. The number of nitrogens with zero attached hydrogens (tertiary/aromatic N) is 4. The summed E-state index contributed by atoms with van der Waals surface area (Å²) >= 11 is 0. The molecule has 0 saturated carbocycles. The molecule has 0 aliphatic carbocycles. The highest BCUT2D eigenvalue weighted by Crippen LogP contribution is 2.37. The van der Waals surface area contributed by atoms with Crippen LogP contribution in [-0.4, -0.2) is 19.5 Å². The molecule has 0 spiro atoms. The van der Waals surface area contributed by atoms with Crippen molar-refractivity contribution >= 4 is 43.7 Å². The quantitative estimate of drug-likeness (QED) is 0.172. The topological polar surface area (TPSA) is 56.7 Å². The van der Waals surface area contributed by atoms with Crippen LogP contribution in [0.1, 0.15) is 0 Å². The number of para-hydroxylation sites is 1. The Bertz CT molecular complexity index is 3160. The molecule has 56 heavy (non-hydrogen) atoms. The van der Waals surface area contributed by atoms with E-state index in [1.165, 1.54) is 32.9 Å². The molecule has 3 aromatic heterocycles. The maximum absolute atomic E-state index is 6.55. The van der Waals surface area contributed by atoms with E-state index >= 15 is 0 Å². The van der Waals surface area contributed by atoms with Gasteiger partial charge in [0.2, 0.25) is 0 Å². The number of fused-ring (bicyclic) bond motifs is 6. The number of furan rings is 1. The third-order valence-corrected chi connectivity index (χ3v) is 10.7. The highest BCUT2D eigenvalue weighted by molar-refractivity contribution is 6.10. The van der Waals surface area contributed by atoms with Crippen molar-refractivity contribution in [2.75, 3.05) is 0 Å². The third kappa shape index (κ3) is 5.45. The summed E-state index contributed by atoms with van der Waals surface area (Å²) in [5, 5.41) is 4.60. The molecule has 0 atom stereocenters. The first-order valence-electron chi connectivity index (χ1n) is 18.8. The Kier molecular flexibility index (Phi) is 7.42. The second kappa shape index (κ2) is 13.0. The maximum atomic E-state index is 6.55. The molecule has 11 rings (SSSR count). The number of hydrogen-bond acceptors (Lipinski definition) is 4. The highest BCUT2D eigenvalue weighted by Gasteiger charge is 2.16. The molecular weight excluding hydrogens is 685 g/mol. The molecule has 0 bridgehead atoms. The second-order valence-corrected chi connectivity index (χ2v) is 14.1. The van der Waals surface area contributed by atoms with Crippen molar-refractivity contribution < 1.29 is 4.42 Å². The summed E-state index contributed by atoms with van der Waals surface area (Å²) in [6.45, 7) is 0. The van der Waals surface area contributed by atoms with Crippen LogP contribution in [-0.2, 0) is 0 Å². The Hall–Kier alpha value is -7.63. The van der Waals surface area contributed by atoms with Crippen molar-refractivity contribution in [2.24, 2.45) is 0 Å². The van der Waals surface area contributed by atoms with Gasteiger partial charge in [-0.2, -0.15) is 0 Å². The Morgan fingerprint density at radius 3 is 1.39 bits per heavy atom. The molecule has 262 valence electrons. The summed E-state index contributed by atoms with van der Waals surface area (Å²) in [6.07, 6.45) is 0. The molecule has 0 aliphatic heterocycles. The predicted molar refractivity (Wildman–Crippen MR) is 229 cm³/mol. The van der Waals surface area contributed by atoms with Crippen molar-refractivity contribution in [3.05, 3.63) is 194 Å². The van der Waals surface area contributed by atoms with Crippen molar-refractivity contribution in [1.29, 1.82) is 0 Å².